The lowest BCUT2D eigenvalue weighted by Crippen LogP contribution is -2.46. The molecule has 0 fully saturated rings. The van der Waals surface area contributed by atoms with Crippen LogP contribution in [-0.4, -0.2) is 28.9 Å². The zero-order chi connectivity index (χ0) is 28.3. The Morgan fingerprint density at radius 3 is 2.10 bits per heavy atom. The highest BCUT2D eigenvalue weighted by Crippen LogP contribution is 2.23. The van der Waals surface area contributed by atoms with Crippen molar-refractivity contribution in [3.8, 4) is 16.9 Å². The van der Waals surface area contributed by atoms with Crippen LogP contribution < -0.4 is 15.4 Å². The third-order valence-electron chi connectivity index (χ3n) is 6.21. The number of carboxylic acids is 1. The minimum atomic E-state index is -1.05. The van der Waals surface area contributed by atoms with Crippen LogP contribution in [0.3, 0.4) is 0 Å². The Kier molecular flexibility index (Phi) is 9.61. The maximum atomic E-state index is 13.3. The van der Waals surface area contributed by atoms with Crippen LogP contribution in [0.1, 0.15) is 34.3 Å². The predicted molar refractivity (Wildman–Crippen MR) is 149 cm³/mol. The van der Waals surface area contributed by atoms with E-state index in [1.807, 2.05) is 54.6 Å². The molecule has 4 rings (SSSR count). The van der Waals surface area contributed by atoms with E-state index >= 15 is 0 Å². The Bertz CT molecular complexity index is 1440. The SMILES string of the molecule is O=C(O)CC[C@H](NC(=O)c1ccc(-c2ccc(OCc3cccc(F)c3)cc2)cc1)C(=O)NCc1ccccc1. The molecule has 0 radical (unpaired) electrons. The van der Waals surface area contributed by atoms with Crippen molar-refractivity contribution < 1.29 is 28.6 Å². The van der Waals surface area contributed by atoms with E-state index in [-0.39, 0.29) is 31.8 Å². The Hall–Kier alpha value is -4.98. The lowest BCUT2D eigenvalue weighted by atomic mass is 10.0. The number of amides is 2. The summed E-state index contributed by atoms with van der Waals surface area (Å²) in [6, 6.07) is 28.8. The summed E-state index contributed by atoms with van der Waals surface area (Å²) in [4.78, 5) is 36.8. The van der Waals surface area contributed by atoms with Gasteiger partial charge in [-0.2, -0.15) is 0 Å². The molecule has 4 aromatic rings. The average molecular weight is 541 g/mol. The second-order valence-corrected chi connectivity index (χ2v) is 9.18. The maximum absolute atomic E-state index is 13.3. The lowest BCUT2D eigenvalue weighted by Gasteiger charge is -2.18. The smallest absolute Gasteiger partial charge is 0.303 e. The first kappa shape index (κ1) is 28.0. The highest BCUT2D eigenvalue weighted by molar-refractivity contribution is 5.98. The monoisotopic (exact) mass is 540 g/mol. The van der Waals surface area contributed by atoms with Crippen LogP contribution in [-0.2, 0) is 22.7 Å². The number of nitrogens with one attached hydrogen (secondary N) is 2. The number of hydrogen-bond acceptors (Lipinski definition) is 4. The number of benzene rings is 4. The Labute approximate surface area is 231 Å². The molecule has 3 N–H and O–H groups in total. The summed E-state index contributed by atoms with van der Waals surface area (Å²) in [7, 11) is 0. The lowest BCUT2D eigenvalue weighted by molar-refractivity contribution is -0.137. The zero-order valence-corrected chi connectivity index (χ0v) is 21.7. The van der Waals surface area contributed by atoms with E-state index in [1.165, 1.54) is 12.1 Å². The van der Waals surface area contributed by atoms with Gasteiger partial charge < -0.3 is 20.5 Å². The molecule has 40 heavy (non-hydrogen) atoms. The molecular formula is C32H29FN2O5. The molecule has 204 valence electrons. The van der Waals surface area contributed by atoms with Gasteiger partial charge in [-0.1, -0.05) is 66.7 Å². The third kappa shape index (κ3) is 8.26. The van der Waals surface area contributed by atoms with Crippen molar-refractivity contribution in [1.82, 2.24) is 10.6 Å². The second kappa shape index (κ2) is 13.7. The first-order chi connectivity index (χ1) is 19.4. The molecule has 0 bridgehead atoms. The van der Waals surface area contributed by atoms with Crippen LogP contribution in [0.15, 0.2) is 103 Å². The number of carbonyl (C=O) groups is 3. The molecule has 0 aliphatic rings. The van der Waals surface area contributed by atoms with E-state index in [4.69, 9.17) is 9.84 Å². The molecule has 1 atom stereocenters. The minimum absolute atomic E-state index is 0.0343. The van der Waals surface area contributed by atoms with Gasteiger partial charge in [-0.3, -0.25) is 14.4 Å². The summed E-state index contributed by atoms with van der Waals surface area (Å²) in [5, 5.41) is 14.5. The Balaban J connectivity index is 1.35. The van der Waals surface area contributed by atoms with Gasteiger partial charge in [-0.25, -0.2) is 4.39 Å². The van der Waals surface area contributed by atoms with Crippen LogP contribution in [0.5, 0.6) is 5.75 Å². The van der Waals surface area contributed by atoms with Gasteiger partial charge in [0.15, 0.2) is 0 Å². The van der Waals surface area contributed by atoms with Crippen LogP contribution >= 0.6 is 0 Å². The van der Waals surface area contributed by atoms with Crippen molar-refractivity contribution in [2.45, 2.75) is 32.0 Å². The second-order valence-electron chi connectivity index (χ2n) is 9.18. The molecule has 0 aliphatic heterocycles. The van der Waals surface area contributed by atoms with Gasteiger partial charge in [0.1, 0.15) is 24.2 Å². The van der Waals surface area contributed by atoms with E-state index in [0.717, 1.165) is 22.3 Å². The number of hydrogen-bond donors (Lipinski definition) is 3. The summed E-state index contributed by atoms with van der Waals surface area (Å²) in [5.74, 6) is -1.64. The normalized spacial score (nSPS) is 11.3. The molecule has 0 heterocycles. The number of ether oxygens (including phenoxy) is 1. The summed E-state index contributed by atoms with van der Waals surface area (Å²) < 4.78 is 19.1. The molecule has 0 aromatic heterocycles. The van der Waals surface area contributed by atoms with Gasteiger partial charge >= 0.3 is 5.97 Å². The number of rotatable bonds is 12. The van der Waals surface area contributed by atoms with E-state index in [2.05, 4.69) is 10.6 Å². The highest BCUT2D eigenvalue weighted by atomic mass is 19.1. The largest absolute Gasteiger partial charge is 0.489 e. The number of halogens is 1. The van der Waals surface area contributed by atoms with Crippen molar-refractivity contribution >= 4 is 17.8 Å². The molecule has 0 saturated carbocycles. The quantitative estimate of drug-likeness (QED) is 0.225. The molecule has 0 unspecified atom stereocenters. The number of carboxylic acid groups (broad SMARTS) is 1. The fourth-order valence-corrected chi connectivity index (χ4v) is 4.04. The molecular weight excluding hydrogens is 511 g/mol. The van der Waals surface area contributed by atoms with E-state index in [0.29, 0.717) is 11.3 Å². The zero-order valence-electron chi connectivity index (χ0n) is 21.7. The van der Waals surface area contributed by atoms with Crippen LogP contribution in [0.25, 0.3) is 11.1 Å². The summed E-state index contributed by atoms with van der Waals surface area (Å²) in [5.41, 5.74) is 3.74. The third-order valence-corrected chi connectivity index (χ3v) is 6.21. The maximum Gasteiger partial charge on any atom is 0.303 e. The summed E-state index contributed by atoms with van der Waals surface area (Å²) >= 11 is 0. The van der Waals surface area contributed by atoms with Gasteiger partial charge in [0.2, 0.25) is 5.91 Å². The van der Waals surface area contributed by atoms with Crippen LogP contribution in [0, 0.1) is 5.82 Å². The molecule has 0 saturated heterocycles. The van der Waals surface area contributed by atoms with Crippen molar-refractivity contribution in [3.05, 3.63) is 126 Å². The van der Waals surface area contributed by atoms with Gasteiger partial charge in [0.25, 0.3) is 5.91 Å². The van der Waals surface area contributed by atoms with Gasteiger partial charge in [0.05, 0.1) is 0 Å². The number of aliphatic carboxylic acids is 1. The topological polar surface area (TPSA) is 105 Å². The van der Waals surface area contributed by atoms with Crippen molar-refractivity contribution in [2.75, 3.05) is 0 Å². The standard InChI is InChI=1S/C32H29FN2O5/c33-27-8-4-7-23(19-27)21-40-28-15-13-25(14-16-28)24-9-11-26(12-10-24)31(38)35-29(17-18-30(36)37)32(39)34-20-22-5-2-1-3-6-22/h1-16,19,29H,17-18,20-21H2,(H,34,39)(H,35,38)(H,36,37)/t29-/m0/s1. The van der Waals surface area contributed by atoms with E-state index < -0.39 is 23.8 Å². The number of carbonyl (C=O) groups excluding carboxylic acids is 2. The van der Waals surface area contributed by atoms with Gasteiger partial charge in [0, 0.05) is 18.5 Å². The predicted octanol–water partition coefficient (Wildman–Crippen LogP) is 5.35. The van der Waals surface area contributed by atoms with Crippen molar-refractivity contribution in [2.24, 2.45) is 0 Å². The molecule has 0 aliphatic carbocycles. The van der Waals surface area contributed by atoms with Crippen molar-refractivity contribution in [3.63, 3.8) is 0 Å². The van der Waals surface area contributed by atoms with Crippen molar-refractivity contribution in [1.29, 1.82) is 0 Å². The Morgan fingerprint density at radius 2 is 1.45 bits per heavy atom. The fourth-order valence-electron chi connectivity index (χ4n) is 4.04. The minimum Gasteiger partial charge on any atom is -0.489 e. The van der Waals surface area contributed by atoms with Gasteiger partial charge in [-0.05, 0) is 65.1 Å². The molecule has 7 nitrogen and oxygen atoms in total. The average Bonchev–Trinajstić information content (AvgIpc) is 2.97. The first-order valence-electron chi connectivity index (χ1n) is 12.8. The Morgan fingerprint density at radius 1 is 0.800 bits per heavy atom. The highest BCUT2D eigenvalue weighted by Gasteiger charge is 2.22. The van der Waals surface area contributed by atoms with E-state index in [9.17, 15) is 18.8 Å². The first-order valence-corrected chi connectivity index (χ1v) is 12.8. The molecule has 4 aromatic carbocycles. The van der Waals surface area contributed by atoms with Crippen LogP contribution in [0.2, 0.25) is 0 Å². The fraction of sp³-hybridized carbons (Fsp3) is 0.156. The summed E-state index contributed by atoms with van der Waals surface area (Å²) in [6.45, 7) is 0.515. The van der Waals surface area contributed by atoms with Crippen LogP contribution in [0.4, 0.5) is 4.39 Å². The van der Waals surface area contributed by atoms with Gasteiger partial charge in [-0.15, -0.1) is 0 Å². The molecule has 2 amide bonds. The molecule has 8 heteroatoms. The molecule has 0 spiro atoms. The summed E-state index contributed by atoms with van der Waals surface area (Å²) in [6.07, 6.45) is -0.294. The van der Waals surface area contributed by atoms with E-state index in [1.54, 1.807) is 36.4 Å².